The molecule has 1 unspecified atom stereocenters. The summed E-state index contributed by atoms with van der Waals surface area (Å²) in [4.78, 5) is 16.1. The maximum Gasteiger partial charge on any atom is 0.390 e. The van der Waals surface area contributed by atoms with Gasteiger partial charge in [0.1, 0.15) is 11.9 Å². The smallest absolute Gasteiger partial charge is 0.390 e. The first-order chi connectivity index (χ1) is 11.4. The van der Waals surface area contributed by atoms with Crippen molar-refractivity contribution in [2.45, 2.75) is 31.5 Å². The number of nitrogens with one attached hydrogen (secondary N) is 1. The van der Waals surface area contributed by atoms with Gasteiger partial charge in [-0.25, -0.2) is 0 Å². The number of aromatic amines is 1. The summed E-state index contributed by atoms with van der Waals surface area (Å²) in [5.74, 6) is 0.635. The van der Waals surface area contributed by atoms with Crippen molar-refractivity contribution < 1.29 is 17.9 Å². The minimum atomic E-state index is -4.13. The van der Waals surface area contributed by atoms with E-state index in [4.69, 9.17) is 4.74 Å². The first-order valence-corrected chi connectivity index (χ1v) is 7.98. The van der Waals surface area contributed by atoms with E-state index in [1.54, 1.807) is 35.4 Å². The van der Waals surface area contributed by atoms with Crippen molar-refractivity contribution in [3.05, 3.63) is 40.8 Å². The molecule has 2 heterocycles. The number of halogens is 3. The summed E-state index contributed by atoms with van der Waals surface area (Å²) in [7, 11) is 0. The number of piperidine rings is 1. The number of fused-ring (bicyclic) bond motifs is 1. The van der Waals surface area contributed by atoms with Crippen molar-refractivity contribution in [2.75, 3.05) is 19.6 Å². The van der Waals surface area contributed by atoms with Crippen LogP contribution in [0.1, 0.15) is 19.3 Å². The van der Waals surface area contributed by atoms with Crippen LogP contribution >= 0.6 is 0 Å². The highest BCUT2D eigenvalue weighted by atomic mass is 19.4. The zero-order chi connectivity index (χ0) is 17.2. The van der Waals surface area contributed by atoms with Gasteiger partial charge in [0.25, 0.3) is 5.56 Å². The molecule has 1 fully saturated rings. The van der Waals surface area contributed by atoms with E-state index in [0.717, 1.165) is 18.2 Å². The average molecular weight is 340 g/mol. The number of alkyl halides is 3. The Labute approximate surface area is 137 Å². The van der Waals surface area contributed by atoms with Gasteiger partial charge in [0.2, 0.25) is 0 Å². The predicted octanol–water partition coefficient (Wildman–Crippen LogP) is 3.32. The Balaban J connectivity index is 1.64. The van der Waals surface area contributed by atoms with Crippen LogP contribution in [-0.4, -0.2) is 41.8 Å². The highest BCUT2D eigenvalue weighted by molar-refractivity contribution is 5.82. The van der Waals surface area contributed by atoms with Gasteiger partial charge in [-0.2, -0.15) is 13.2 Å². The number of hydrogen-bond donors (Lipinski definition) is 1. The van der Waals surface area contributed by atoms with Gasteiger partial charge in [-0.1, -0.05) is 0 Å². The van der Waals surface area contributed by atoms with Crippen molar-refractivity contribution in [2.24, 2.45) is 0 Å². The minimum Gasteiger partial charge on any atom is -0.489 e. The Bertz CT molecular complexity index is 757. The summed E-state index contributed by atoms with van der Waals surface area (Å²) >= 11 is 0. The molecule has 24 heavy (non-hydrogen) atoms. The summed E-state index contributed by atoms with van der Waals surface area (Å²) in [6.45, 7) is 1.17. The highest BCUT2D eigenvalue weighted by Crippen LogP contribution is 2.24. The number of pyridine rings is 1. The van der Waals surface area contributed by atoms with Crippen LogP contribution in [0.15, 0.2) is 35.3 Å². The SMILES string of the molecule is O=c1[nH]ccc2cc(OC3CCCN(CCC(F)(F)F)C3)ccc12. The third-order valence-corrected chi connectivity index (χ3v) is 4.22. The number of nitrogens with zero attached hydrogens (tertiary/aromatic N) is 1. The number of ether oxygens (including phenoxy) is 1. The normalized spacial score (nSPS) is 19.5. The summed E-state index contributed by atoms with van der Waals surface area (Å²) < 4.78 is 43.0. The van der Waals surface area contributed by atoms with Gasteiger partial charge in [0, 0.05) is 24.7 Å². The second-order valence-corrected chi connectivity index (χ2v) is 6.10. The molecule has 1 N–H and O–H groups in total. The molecule has 3 rings (SSSR count). The molecular weight excluding hydrogens is 321 g/mol. The number of likely N-dealkylation sites (tertiary alicyclic amines) is 1. The third kappa shape index (κ3) is 4.29. The van der Waals surface area contributed by atoms with Gasteiger partial charge in [0.15, 0.2) is 0 Å². The molecule has 2 aromatic rings. The lowest BCUT2D eigenvalue weighted by molar-refractivity contribution is -0.139. The van der Waals surface area contributed by atoms with Crippen molar-refractivity contribution in [1.82, 2.24) is 9.88 Å². The van der Waals surface area contributed by atoms with Crippen LogP contribution in [0.4, 0.5) is 13.2 Å². The number of rotatable bonds is 4. The van der Waals surface area contributed by atoms with Crippen LogP contribution in [0.25, 0.3) is 10.8 Å². The lowest BCUT2D eigenvalue weighted by Gasteiger charge is -2.33. The van der Waals surface area contributed by atoms with Crippen LogP contribution in [0.5, 0.6) is 5.75 Å². The zero-order valence-electron chi connectivity index (χ0n) is 13.1. The van der Waals surface area contributed by atoms with Gasteiger partial charge in [0.05, 0.1) is 6.42 Å². The van der Waals surface area contributed by atoms with Gasteiger partial charge in [-0.05, 0) is 49.0 Å². The van der Waals surface area contributed by atoms with Crippen LogP contribution in [-0.2, 0) is 0 Å². The van der Waals surface area contributed by atoms with E-state index in [1.165, 1.54) is 0 Å². The lowest BCUT2D eigenvalue weighted by atomic mass is 10.1. The van der Waals surface area contributed by atoms with E-state index < -0.39 is 12.6 Å². The van der Waals surface area contributed by atoms with E-state index in [1.807, 2.05) is 0 Å². The fourth-order valence-corrected chi connectivity index (χ4v) is 3.03. The predicted molar refractivity (Wildman–Crippen MR) is 85.3 cm³/mol. The van der Waals surface area contributed by atoms with Crippen LogP contribution in [0.2, 0.25) is 0 Å². The molecule has 4 nitrogen and oxygen atoms in total. The molecule has 0 bridgehead atoms. The molecule has 130 valence electrons. The minimum absolute atomic E-state index is 0.0104. The monoisotopic (exact) mass is 340 g/mol. The second kappa shape index (κ2) is 6.84. The molecule has 0 amide bonds. The van der Waals surface area contributed by atoms with Crippen molar-refractivity contribution in [1.29, 1.82) is 0 Å². The maximum absolute atomic E-state index is 12.3. The van der Waals surface area contributed by atoms with Crippen molar-refractivity contribution in [3.8, 4) is 5.75 Å². The van der Waals surface area contributed by atoms with Crippen LogP contribution < -0.4 is 10.3 Å². The Hall–Kier alpha value is -2.02. The van der Waals surface area contributed by atoms with Gasteiger partial charge in [-0.3, -0.25) is 9.69 Å². The molecule has 0 saturated carbocycles. The molecule has 1 aliphatic heterocycles. The second-order valence-electron chi connectivity index (χ2n) is 6.10. The molecule has 1 aliphatic rings. The highest BCUT2D eigenvalue weighted by Gasteiger charge is 2.29. The quantitative estimate of drug-likeness (QED) is 0.929. The standard InChI is InChI=1S/C17H19F3N2O2/c18-17(19,20)6-9-22-8-1-2-14(11-22)24-13-3-4-15-12(10-13)5-7-21-16(15)23/h3-5,7,10,14H,1-2,6,8-9,11H2,(H,21,23). The van der Waals surface area contributed by atoms with E-state index >= 15 is 0 Å². The first kappa shape index (κ1) is 16.8. The fraction of sp³-hybridized carbons (Fsp3) is 0.471. The molecule has 7 heteroatoms. The van der Waals surface area contributed by atoms with E-state index in [0.29, 0.717) is 24.2 Å². The zero-order valence-corrected chi connectivity index (χ0v) is 13.1. The molecule has 1 aromatic carbocycles. The topological polar surface area (TPSA) is 45.3 Å². The number of H-pyrrole nitrogens is 1. The number of aromatic nitrogens is 1. The van der Waals surface area contributed by atoms with Crippen molar-refractivity contribution >= 4 is 10.8 Å². The summed E-state index contributed by atoms with van der Waals surface area (Å²) in [5.41, 5.74) is -0.157. The third-order valence-electron chi connectivity index (χ3n) is 4.22. The fourth-order valence-electron chi connectivity index (χ4n) is 3.03. The molecule has 1 aromatic heterocycles. The summed E-state index contributed by atoms with van der Waals surface area (Å²) in [6, 6.07) is 7.01. The number of benzene rings is 1. The molecule has 0 spiro atoms. The Kier molecular flexibility index (Phi) is 4.80. The largest absolute Gasteiger partial charge is 0.489 e. The molecule has 0 aliphatic carbocycles. The average Bonchev–Trinajstić information content (AvgIpc) is 2.53. The Morgan fingerprint density at radius 1 is 1.29 bits per heavy atom. The maximum atomic E-state index is 12.3. The van der Waals surface area contributed by atoms with Crippen molar-refractivity contribution in [3.63, 3.8) is 0 Å². The van der Waals surface area contributed by atoms with E-state index in [9.17, 15) is 18.0 Å². The van der Waals surface area contributed by atoms with Gasteiger partial charge in [-0.15, -0.1) is 0 Å². The Morgan fingerprint density at radius 2 is 2.12 bits per heavy atom. The van der Waals surface area contributed by atoms with Gasteiger partial charge >= 0.3 is 6.18 Å². The number of hydrogen-bond acceptors (Lipinski definition) is 3. The van der Waals surface area contributed by atoms with Crippen LogP contribution in [0.3, 0.4) is 0 Å². The van der Waals surface area contributed by atoms with Crippen LogP contribution in [0, 0.1) is 0 Å². The summed E-state index contributed by atoms with van der Waals surface area (Å²) in [6.07, 6.45) is -1.84. The molecule has 1 saturated heterocycles. The lowest BCUT2D eigenvalue weighted by Crippen LogP contribution is -2.42. The van der Waals surface area contributed by atoms with E-state index in [2.05, 4.69) is 4.98 Å². The van der Waals surface area contributed by atoms with E-state index in [-0.39, 0.29) is 18.2 Å². The molecular formula is C17H19F3N2O2. The Morgan fingerprint density at radius 3 is 2.92 bits per heavy atom. The molecule has 0 radical (unpaired) electrons. The first-order valence-electron chi connectivity index (χ1n) is 7.98. The van der Waals surface area contributed by atoms with Gasteiger partial charge < -0.3 is 9.72 Å². The molecule has 1 atom stereocenters. The summed E-state index contributed by atoms with van der Waals surface area (Å²) in [5, 5.41) is 1.36.